The van der Waals surface area contributed by atoms with Crippen LogP contribution in [0, 0.1) is 5.92 Å². The smallest absolute Gasteiger partial charge is 0.312 e. The summed E-state index contributed by atoms with van der Waals surface area (Å²) in [4.78, 5) is 29.6. The van der Waals surface area contributed by atoms with Gasteiger partial charge >= 0.3 is 6.03 Å². The van der Waals surface area contributed by atoms with E-state index in [-0.39, 0.29) is 18.5 Å². The summed E-state index contributed by atoms with van der Waals surface area (Å²) < 4.78 is 0. The van der Waals surface area contributed by atoms with E-state index in [2.05, 4.69) is 39.7 Å². The highest BCUT2D eigenvalue weighted by atomic mass is 32.1. The molecule has 2 heterocycles. The molecule has 1 aliphatic heterocycles. The molecule has 3 amide bonds. The van der Waals surface area contributed by atoms with Crippen molar-refractivity contribution in [1.82, 2.24) is 20.5 Å². The molecule has 1 aliphatic rings. The molecule has 2 atom stereocenters. The summed E-state index contributed by atoms with van der Waals surface area (Å²) in [5, 5.41) is 8.65. The highest BCUT2D eigenvalue weighted by Gasteiger charge is 2.33. The van der Waals surface area contributed by atoms with E-state index in [0.29, 0.717) is 5.92 Å². The van der Waals surface area contributed by atoms with Crippen molar-refractivity contribution >= 4 is 23.3 Å². The first-order valence-corrected chi connectivity index (χ1v) is 9.38. The van der Waals surface area contributed by atoms with E-state index >= 15 is 0 Å². The molecule has 24 heavy (non-hydrogen) atoms. The van der Waals surface area contributed by atoms with Gasteiger partial charge in [-0.3, -0.25) is 9.69 Å². The summed E-state index contributed by atoms with van der Waals surface area (Å²) >= 11 is 1.71. The number of aryl methyl sites for hydroxylation is 1. The van der Waals surface area contributed by atoms with Crippen LogP contribution in [-0.2, 0) is 17.8 Å². The lowest BCUT2D eigenvalue weighted by Crippen LogP contribution is -2.46. The molecule has 8 heteroatoms. The number of carbonyl (C=O) groups is 2. The Morgan fingerprint density at radius 2 is 2.21 bits per heavy atom. The maximum absolute atomic E-state index is 11.9. The molecule has 0 bridgehead atoms. The Hall–Kier alpha value is -1.67. The predicted octanol–water partition coefficient (Wildman–Crippen LogP) is 1.09. The molecule has 1 aromatic heterocycles. The van der Waals surface area contributed by atoms with E-state index in [9.17, 15) is 9.59 Å². The molecule has 0 spiro atoms. The van der Waals surface area contributed by atoms with Crippen molar-refractivity contribution in [3.05, 3.63) is 16.1 Å². The summed E-state index contributed by atoms with van der Waals surface area (Å²) in [6.07, 6.45) is 3.12. The van der Waals surface area contributed by atoms with E-state index in [0.717, 1.165) is 49.6 Å². The van der Waals surface area contributed by atoms with E-state index in [1.165, 1.54) is 0 Å². The number of likely N-dealkylation sites (tertiary alicyclic amines) is 1. The van der Waals surface area contributed by atoms with Gasteiger partial charge in [-0.15, -0.1) is 11.3 Å². The summed E-state index contributed by atoms with van der Waals surface area (Å²) in [6, 6.07) is -0.574. The molecule has 1 saturated heterocycles. The summed E-state index contributed by atoms with van der Waals surface area (Å²) in [7, 11) is 0. The van der Waals surface area contributed by atoms with Gasteiger partial charge in [-0.25, -0.2) is 9.78 Å². The molecule has 134 valence electrons. The second kappa shape index (κ2) is 8.98. The van der Waals surface area contributed by atoms with Crippen LogP contribution in [0.15, 0.2) is 5.38 Å². The molecule has 0 aromatic carbocycles. The maximum atomic E-state index is 11.9. The van der Waals surface area contributed by atoms with Crippen LogP contribution >= 0.6 is 11.3 Å². The number of hydrogen-bond donors (Lipinski definition) is 3. The highest BCUT2D eigenvalue weighted by Crippen LogP contribution is 2.24. The minimum atomic E-state index is -0.682. The SMILES string of the molecule is CCC[C@@H]1CN(Cc2csc(CC)n2)C[C@H]1NC(=O)CNC(N)=O. The van der Waals surface area contributed by atoms with Crippen LogP contribution in [0.3, 0.4) is 0 Å². The lowest BCUT2D eigenvalue weighted by Gasteiger charge is -2.19. The second-order valence-electron chi connectivity index (χ2n) is 6.22. The van der Waals surface area contributed by atoms with Crippen molar-refractivity contribution in [3.63, 3.8) is 0 Å². The minimum absolute atomic E-state index is 0.0728. The predicted molar refractivity (Wildman–Crippen MR) is 94.7 cm³/mol. The fourth-order valence-electron chi connectivity index (χ4n) is 3.15. The van der Waals surface area contributed by atoms with E-state index < -0.39 is 6.03 Å². The van der Waals surface area contributed by atoms with Crippen molar-refractivity contribution in [1.29, 1.82) is 0 Å². The van der Waals surface area contributed by atoms with Crippen LogP contribution in [0.1, 0.15) is 37.4 Å². The van der Waals surface area contributed by atoms with Gasteiger partial charge < -0.3 is 16.4 Å². The second-order valence-corrected chi connectivity index (χ2v) is 7.16. The van der Waals surface area contributed by atoms with Gasteiger partial charge in [0.15, 0.2) is 0 Å². The van der Waals surface area contributed by atoms with Gasteiger partial charge in [-0.05, 0) is 18.8 Å². The number of primary amides is 1. The number of nitrogens with one attached hydrogen (secondary N) is 2. The van der Waals surface area contributed by atoms with Crippen LogP contribution in [0.4, 0.5) is 4.79 Å². The summed E-state index contributed by atoms with van der Waals surface area (Å²) in [5.41, 5.74) is 6.11. The first kappa shape index (κ1) is 18.7. The van der Waals surface area contributed by atoms with Gasteiger partial charge in [0, 0.05) is 31.1 Å². The average Bonchev–Trinajstić information content (AvgIpc) is 3.13. The zero-order valence-corrected chi connectivity index (χ0v) is 15.2. The zero-order chi connectivity index (χ0) is 17.5. The lowest BCUT2D eigenvalue weighted by molar-refractivity contribution is -0.120. The molecule has 0 aliphatic carbocycles. The van der Waals surface area contributed by atoms with Gasteiger partial charge in [0.1, 0.15) is 0 Å². The molecule has 7 nitrogen and oxygen atoms in total. The maximum Gasteiger partial charge on any atom is 0.312 e. The van der Waals surface area contributed by atoms with Crippen molar-refractivity contribution < 1.29 is 9.59 Å². The Bertz CT molecular complexity index is 562. The third-order valence-corrected chi connectivity index (χ3v) is 5.27. The number of rotatable bonds is 8. The van der Waals surface area contributed by atoms with Crippen molar-refractivity contribution in [2.24, 2.45) is 11.7 Å². The number of carbonyl (C=O) groups excluding carboxylic acids is 2. The molecule has 2 rings (SSSR count). The minimum Gasteiger partial charge on any atom is -0.352 e. The zero-order valence-electron chi connectivity index (χ0n) is 14.4. The molecular formula is C16H27N5O2S. The Morgan fingerprint density at radius 1 is 1.42 bits per heavy atom. The van der Waals surface area contributed by atoms with Gasteiger partial charge in [-0.2, -0.15) is 0 Å². The number of nitrogens with zero attached hydrogens (tertiary/aromatic N) is 2. The van der Waals surface area contributed by atoms with Crippen molar-refractivity contribution in [3.8, 4) is 0 Å². The normalized spacial score (nSPS) is 20.9. The number of thiazole rings is 1. The average molecular weight is 353 g/mol. The van der Waals surface area contributed by atoms with Gasteiger partial charge in [0.05, 0.1) is 17.2 Å². The molecule has 1 fully saturated rings. The summed E-state index contributed by atoms with van der Waals surface area (Å²) in [5.74, 6) is 0.237. The number of hydrogen-bond acceptors (Lipinski definition) is 5. The highest BCUT2D eigenvalue weighted by molar-refractivity contribution is 7.09. The van der Waals surface area contributed by atoms with Gasteiger partial charge in [0.25, 0.3) is 0 Å². The molecule has 4 N–H and O–H groups in total. The fraction of sp³-hybridized carbons (Fsp3) is 0.688. The van der Waals surface area contributed by atoms with Crippen LogP contribution in [-0.4, -0.2) is 47.5 Å². The third kappa shape index (κ3) is 5.45. The number of amides is 3. The Labute approximate surface area is 147 Å². The topological polar surface area (TPSA) is 100 Å². The molecular weight excluding hydrogens is 326 g/mol. The monoisotopic (exact) mass is 353 g/mol. The van der Waals surface area contributed by atoms with E-state index in [4.69, 9.17) is 5.73 Å². The quantitative estimate of drug-likeness (QED) is 0.651. The van der Waals surface area contributed by atoms with Crippen molar-refractivity contribution in [2.45, 2.75) is 45.7 Å². The van der Waals surface area contributed by atoms with E-state index in [1.807, 2.05) is 0 Å². The van der Waals surface area contributed by atoms with Crippen LogP contribution in [0.5, 0.6) is 0 Å². The Morgan fingerprint density at radius 3 is 2.83 bits per heavy atom. The standard InChI is InChI=1S/C16H27N5O2S/c1-3-5-11-7-21(8-12-10-24-15(4-2)19-12)9-13(11)20-14(22)6-18-16(17)23/h10-11,13H,3-9H2,1-2H3,(H,20,22)(H3,17,18,23)/t11-,13-/m1/s1. The molecule has 0 saturated carbocycles. The van der Waals surface area contributed by atoms with Gasteiger partial charge in [0.2, 0.25) is 5.91 Å². The number of aromatic nitrogens is 1. The third-order valence-electron chi connectivity index (χ3n) is 4.23. The van der Waals surface area contributed by atoms with Crippen molar-refractivity contribution in [2.75, 3.05) is 19.6 Å². The number of urea groups is 1. The van der Waals surface area contributed by atoms with Crippen LogP contribution < -0.4 is 16.4 Å². The fourth-order valence-corrected chi connectivity index (χ4v) is 3.89. The molecule has 1 aromatic rings. The van der Waals surface area contributed by atoms with Crippen LogP contribution in [0.25, 0.3) is 0 Å². The molecule has 0 radical (unpaired) electrons. The first-order chi connectivity index (χ1) is 11.5. The molecule has 0 unspecified atom stereocenters. The van der Waals surface area contributed by atoms with Crippen LogP contribution in [0.2, 0.25) is 0 Å². The summed E-state index contributed by atoms with van der Waals surface area (Å²) in [6.45, 7) is 6.79. The lowest BCUT2D eigenvalue weighted by atomic mass is 9.98. The number of nitrogens with two attached hydrogens (primary N) is 1. The van der Waals surface area contributed by atoms with E-state index in [1.54, 1.807) is 11.3 Å². The Balaban J connectivity index is 1.89. The largest absolute Gasteiger partial charge is 0.352 e. The first-order valence-electron chi connectivity index (χ1n) is 8.50. The van der Waals surface area contributed by atoms with Gasteiger partial charge in [-0.1, -0.05) is 20.3 Å². The Kier molecular flexibility index (Phi) is 6.99.